The molecule has 0 aliphatic carbocycles. The van der Waals surface area contributed by atoms with E-state index in [9.17, 15) is 9.59 Å². The summed E-state index contributed by atoms with van der Waals surface area (Å²) < 4.78 is 7.25. The third-order valence-electron chi connectivity index (χ3n) is 4.27. The number of rotatable bonds is 5. The Labute approximate surface area is 146 Å². The zero-order valence-electron chi connectivity index (χ0n) is 14.9. The van der Waals surface area contributed by atoms with Gasteiger partial charge in [-0.3, -0.25) is 14.3 Å². The van der Waals surface area contributed by atoms with E-state index < -0.39 is 0 Å². The predicted molar refractivity (Wildman–Crippen MR) is 94.2 cm³/mol. The van der Waals surface area contributed by atoms with Crippen LogP contribution in [0.3, 0.4) is 0 Å². The largest absolute Gasteiger partial charge is 0.365 e. The van der Waals surface area contributed by atoms with Crippen LogP contribution in [0.5, 0.6) is 0 Å². The molecule has 1 atom stereocenters. The topological polar surface area (TPSA) is 76.5 Å². The number of carbonyl (C=O) groups excluding carboxylic acids is 2. The summed E-state index contributed by atoms with van der Waals surface area (Å²) in [6.45, 7) is 5.78. The lowest BCUT2D eigenvalue weighted by Crippen LogP contribution is -2.51. The summed E-state index contributed by atoms with van der Waals surface area (Å²) in [7, 11) is 1.82. The van der Waals surface area contributed by atoms with Gasteiger partial charge in [-0.1, -0.05) is 32.0 Å². The van der Waals surface area contributed by atoms with Crippen LogP contribution in [-0.2, 0) is 16.6 Å². The van der Waals surface area contributed by atoms with Crippen LogP contribution in [0.4, 0.5) is 0 Å². The number of carbonyl (C=O) groups is 2. The number of aryl methyl sites for hydroxylation is 1. The Balaban J connectivity index is 1.63. The van der Waals surface area contributed by atoms with E-state index in [0.29, 0.717) is 31.2 Å². The lowest BCUT2D eigenvalue weighted by atomic mass is 10.1. The minimum atomic E-state index is -0.229. The highest BCUT2D eigenvalue weighted by Crippen LogP contribution is 2.17. The lowest BCUT2D eigenvalue weighted by molar-refractivity contribution is -0.149. The number of morpholine rings is 1. The summed E-state index contributed by atoms with van der Waals surface area (Å²) in [6, 6.07) is 7.62. The minimum absolute atomic E-state index is 0.00648. The second-order valence-corrected chi connectivity index (χ2v) is 6.82. The second-order valence-electron chi connectivity index (χ2n) is 6.82. The van der Waals surface area contributed by atoms with Gasteiger partial charge in [-0.05, 0) is 12.0 Å². The molecule has 0 bridgehead atoms. The Morgan fingerprint density at radius 3 is 2.92 bits per heavy atom. The number of hydrogen-bond acceptors (Lipinski definition) is 4. The van der Waals surface area contributed by atoms with Gasteiger partial charge < -0.3 is 15.0 Å². The van der Waals surface area contributed by atoms with Crippen molar-refractivity contribution in [2.45, 2.75) is 20.0 Å². The average Bonchev–Trinajstić information content (AvgIpc) is 2.92. The van der Waals surface area contributed by atoms with Crippen molar-refractivity contribution in [3.63, 3.8) is 0 Å². The summed E-state index contributed by atoms with van der Waals surface area (Å²) in [4.78, 5) is 26.2. The molecule has 1 aromatic carbocycles. The average molecular weight is 344 g/mol. The van der Waals surface area contributed by atoms with Crippen LogP contribution in [0, 0.1) is 5.92 Å². The molecule has 3 rings (SSSR count). The highest BCUT2D eigenvalue weighted by atomic mass is 16.5. The highest BCUT2D eigenvalue weighted by Gasteiger charge is 2.27. The van der Waals surface area contributed by atoms with Gasteiger partial charge in [-0.15, -0.1) is 0 Å². The van der Waals surface area contributed by atoms with Crippen LogP contribution < -0.4 is 5.32 Å². The molecule has 1 aliphatic heterocycles. The van der Waals surface area contributed by atoms with Crippen LogP contribution in [0.1, 0.15) is 24.3 Å². The molecule has 1 unspecified atom stereocenters. The number of amides is 2. The van der Waals surface area contributed by atoms with E-state index in [-0.39, 0.29) is 24.5 Å². The highest BCUT2D eigenvalue weighted by molar-refractivity contribution is 6.04. The van der Waals surface area contributed by atoms with Gasteiger partial charge in [0, 0.05) is 32.1 Å². The number of benzene rings is 1. The maximum absolute atomic E-state index is 12.5. The molecule has 0 spiro atoms. The summed E-state index contributed by atoms with van der Waals surface area (Å²) in [6.07, 6.45) is -0.199. The van der Waals surface area contributed by atoms with Crippen molar-refractivity contribution < 1.29 is 14.3 Å². The van der Waals surface area contributed by atoms with E-state index in [2.05, 4.69) is 24.3 Å². The molecule has 1 aliphatic rings. The standard InChI is InChI=1S/C18H24N4O3/c1-12(2)9-22-10-13(25-11-16(22)23)8-19-18(24)17-14-6-4-5-7-15(14)21(3)20-17/h4-7,12-13H,8-11H2,1-3H3,(H,19,24). The van der Waals surface area contributed by atoms with Crippen molar-refractivity contribution in [2.24, 2.45) is 13.0 Å². The second kappa shape index (κ2) is 7.23. The molecule has 0 saturated carbocycles. The summed E-state index contributed by atoms with van der Waals surface area (Å²) in [5, 5.41) is 8.03. The molecule has 134 valence electrons. The fourth-order valence-corrected chi connectivity index (χ4v) is 3.09. The molecule has 25 heavy (non-hydrogen) atoms. The van der Waals surface area contributed by atoms with Gasteiger partial charge in [-0.2, -0.15) is 5.10 Å². The smallest absolute Gasteiger partial charge is 0.272 e. The number of ether oxygens (including phenoxy) is 1. The molecule has 1 aromatic heterocycles. The quantitative estimate of drug-likeness (QED) is 0.884. The predicted octanol–water partition coefficient (Wildman–Crippen LogP) is 1.19. The SMILES string of the molecule is CC(C)CN1CC(CNC(=O)c2nn(C)c3ccccc23)OCC1=O. The Hall–Kier alpha value is -2.41. The van der Waals surface area contributed by atoms with Gasteiger partial charge in [0.15, 0.2) is 5.69 Å². The molecule has 7 heteroatoms. The number of nitrogens with zero attached hydrogens (tertiary/aromatic N) is 3. The first-order valence-corrected chi connectivity index (χ1v) is 8.55. The molecule has 1 saturated heterocycles. The van der Waals surface area contributed by atoms with Gasteiger partial charge in [0.05, 0.1) is 11.6 Å². The van der Waals surface area contributed by atoms with Crippen molar-refractivity contribution in [1.82, 2.24) is 20.0 Å². The Bertz CT molecular complexity index is 784. The van der Waals surface area contributed by atoms with E-state index in [4.69, 9.17) is 4.74 Å². The molecule has 2 amide bonds. The molecule has 2 aromatic rings. The van der Waals surface area contributed by atoms with Crippen molar-refractivity contribution in [2.75, 3.05) is 26.2 Å². The fourth-order valence-electron chi connectivity index (χ4n) is 3.09. The first-order valence-electron chi connectivity index (χ1n) is 8.55. The summed E-state index contributed by atoms with van der Waals surface area (Å²) in [5.74, 6) is 0.178. The van der Waals surface area contributed by atoms with Crippen molar-refractivity contribution in [3.05, 3.63) is 30.0 Å². The maximum atomic E-state index is 12.5. The first-order chi connectivity index (χ1) is 12.0. The van der Waals surface area contributed by atoms with Crippen LogP contribution in [0.15, 0.2) is 24.3 Å². The summed E-state index contributed by atoms with van der Waals surface area (Å²) >= 11 is 0. The Morgan fingerprint density at radius 1 is 1.40 bits per heavy atom. The van der Waals surface area contributed by atoms with Crippen LogP contribution >= 0.6 is 0 Å². The van der Waals surface area contributed by atoms with E-state index in [0.717, 1.165) is 10.9 Å². The van der Waals surface area contributed by atoms with E-state index in [1.165, 1.54) is 0 Å². The first kappa shape index (κ1) is 17.4. The van der Waals surface area contributed by atoms with E-state index >= 15 is 0 Å². The molecule has 1 N–H and O–H groups in total. The van der Waals surface area contributed by atoms with Crippen molar-refractivity contribution in [1.29, 1.82) is 0 Å². The fraction of sp³-hybridized carbons (Fsp3) is 0.500. The third kappa shape index (κ3) is 3.82. The molecule has 7 nitrogen and oxygen atoms in total. The van der Waals surface area contributed by atoms with Gasteiger partial charge in [-0.25, -0.2) is 0 Å². The summed E-state index contributed by atoms with van der Waals surface area (Å²) in [5.41, 5.74) is 1.32. The lowest BCUT2D eigenvalue weighted by Gasteiger charge is -2.33. The van der Waals surface area contributed by atoms with Crippen molar-refractivity contribution in [3.8, 4) is 0 Å². The van der Waals surface area contributed by atoms with Gasteiger partial charge >= 0.3 is 0 Å². The zero-order valence-corrected chi connectivity index (χ0v) is 14.9. The maximum Gasteiger partial charge on any atom is 0.272 e. The third-order valence-corrected chi connectivity index (χ3v) is 4.27. The molecule has 0 radical (unpaired) electrons. The molecule has 2 heterocycles. The van der Waals surface area contributed by atoms with E-state index in [1.54, 1.807) is 9.58 Å². The van der Waals surface area contributed by atoms with Crippen molar-refractivity contribution >= 4 is 22.7 Å². The zero-order chi connectivity index (χ0) is 18.0. The normalized spacial score (nSPS) is 18.2. The Kier molecular flexibility index (Phi) is 5.03. The van der Waals surface area contributed by atoms with E-state index in [1.807, 2.05) is 31.3 Å². The van der Waals surface area contributed by atoms with Crippen LogP contribution in [0.25, 0.3) is 10.9 Å². The minimum Gasteiger partial charge on any atom is -0.365 e. The molecule has 1 fully saturated rings. The number of hydrogen-bond donors (Lipinski definition) is 1. The Morgan fingerprint density at radius 2 is 2.16 bits per heavy atom. The van der Waals surface area contributed by atoms with Gasteiger partial charge in [0.2, 0.25) is 5.91 Å². The number of fused-ring (bicyclic) bond motifs is 1. The monoisotopic (exact) mass is 344 g/mol. The molecular weight excluding hydrogens is 320 g/mol. The van der Waals surface area contributed by atoms with Gasteiger partial charge in [0.25, 0.3) is 5.91 Å². The number of nitrogens with one attached hydrogen (secondary N) is 1. The van der Waals surface area contributed by atoms with Gasteiger partial charge in [0.1, 0.15) is 6.61 Å². The number of para-hydroxylation sites is 1. The van der Waals surface area contributed by atoms with Crippen LogP contribution in [0.2, 0.25) is 0 Å². The van der Waals surface area contributed by atoms with Crippen LogP contribution in [-0.4, -0.2) is 58.8 Å². The number of aromatic nitrogens is 2. The molecular formula is C18H24N4O3.